The lowest BCUT2D eigenvalue weighted by Gasteiger charge is -2.12. The quantitative estimate of drug-likeness (QED) is 0.674. The van der Waals surface area contributed by atoms with Crippen molar-refractivity contribution in [3.63, 3.8) is 0 Å². The fourth-order valence-electron chi connectivity index (χ4n) is 2.02. The van der Waals surface area contributed by atoms with Crippen molar-refractivity contribution in [2.45, 2.75) is 17.3 Å². The molecule has 3 nitrogen and oxygen atoms in total. The molecular formula is C16H15N3S. The van der Waals surface area contributed by atoms with Gasteiger partial charge in [0.1, 0.15) is 6.33 Å². The lowest BCUT2D eigenvalue weighted by molar-refractivity contribution is 0.876. The fraction of sp³-hybridized carbons (Fsp3) is 0.125. The average molecular weight is 281 g/mol. The van der Waals surface area contributed by atoms with E-state index in [2.05, 4.69) is 53.5 Å². The number of nitrogens with zero attached hydrogens (tertiary/aromatic N) is 3. The SMILES string of the molecule is CC(Sc1nncn1-c1ccccc1)c1ccccc1. The van der Waals surface area contributed by atoms with Gasteiger partial charge in [0.2, 0.25) is 0 Å². The van der Waals surface area contributed by atoms with E-state index in [0.717, 1.165) is 10.8 Å². The Kier molecular flexibility index (Phi) is 3.83. The molecular weight excluding hydrogens is 266 g/mol. The lowest BCUT2D eigenvalue weighted by atomic mass is 10.2. The predicted molar refractivity (Wildman–Crippen MR) is 82.1 cm³/mol. The number of rotatable bonds is 4. The van der Waals surface area contributed by atoms with E-state index in [4.69, 9.17) is 0 Å². The molecule has 0 saturated heterocycles. The molecule has 1 atom stereocenters. The second kappa shape index (κ2) is 5.92. The van der Waals surface area contributed by atoms with Crippen LogP contribution in [0.4, 0.5) is 0 Å². The molecule has 0 fully saturated rings. The van der Waals surface area contributed by atoms with Gasteiger partial charge in [-0.2, -0.15) is 0 Å². The van der Waals surface area contributed by atoms with Crippen LogP contribution in [-0.4, -0.2) is 14.8 Å². The van der Waals surface area contributed by atoms with Gasteiger partial charge in [0, 0.05) is 10.9 Å². The second-order valence-electron chi connectivity index (χ2n) is 4.49. The number of benzene rings is 2. The van der Waals surface area contributed by atoms with Crippen LogP contribution in [0.1, 0.15) is 17.7 Å². The first-order valence-electron chi connectivity index (χ1n) is 6.51. The van der Waals surface area contributed by atoms with Crippen LogP contribution >= 0.6 is 11.8 Å². The number of aromatic nitrogens is 3. The van der Waals surface area contributed by atoms with Crippen LogP contribution in [-0.2, 0) is 0 Å². The van der Waals surface area contributed by atoms with Crippen molar-refractivity contribution in [3.8, 4) is 5.69 Å². The molecule has 1 heterocycles. The van der Waals surface area contributed by atoms with E-state index in [1.807, 2.05) is 28.8 Å². The van der Waals surface area contributed by atoms with Gasteiger partial charge in [-0.3, -0.25) is 4.57 Å². The Hall–Kier alpha value is -2.07. The van der Waals surface area contributed by atoms with Crippen LogP contribution < -0.4 is 0 Å². The Bertz CT molecular complexity index is 664. The van der Waals surface area contributed by atoms with E-state index in [1.54, 1.807) is 18.1 Å². The summed E-state index contributed by atoms with van der Waals surface area (Å²) in [4.78, 5) is 0. The molecule has 1 unspecified atom stereocenters. The Morgan fingerprint density at radius 3 is 2.30 bits per heavy atom. The molecule has 1 aromatic heterocycles. The highest BCUT2D eigenvalue weighted by atomic mass is 32.2. The van der Waals surface area contributed by atoms with Crippen molar-refractivity contribution in [2.75, 3.05) is 0 Å². The minimum Gasteiger partial charge on any atom is -0.277 e. The van der Waals surface area contributed by atoms with Crippen LogP contribution in [0, 0.1) is 0 Å². The molecule has 20 heavy (non-hydrogen) atoms. The van der Waals surface area contributed by atoms with E-state index in [-0.39, 0.29) is 0 Å². The van der Waals surface area contributed by atoms with Crippen LogP contribution in [0.25, 0.3) is 5.69 Å². The van der Waals surface area contributed by atoms with E-state index >= 15 is 0 Å². The van der Waals surface area contributed by atoms with Crippen molar-refractivity contribution < 1.29 is 0 Å². The maximum atomic E-state index is 4.23. The molecule has 0 amide bonds. The van der Waals surface area contributed by atoms with Gasteiger partial charge in [-0.1, -0.05) is 60.3 Å². The zero-order valence-electron chi connectivity index (χ0n) is 11.2. The normalized spacial score (nSPS) is 12.2. The van der Waals surface area contributed by atoms with Gasteiger partial charge in [0.05, 0.1) is 0 Å². The maximum Gasteiger partial charge on any atom is 0.196 e. The Labute approximate surface area is 122 Å². The van der Waals surface area contributed by atoms with Crippen LogP contribution in [0.15, 0.2) is 72.1 Å². The minimum atomic E-state index is 0.336. The second-order valence-corrected chi connectivity index (χ2v) is 5.80. The molecule has 0 N–H and O–H groups in total. The van der Waals surface area contributed by atoms with Gasteiger partial charge in [-0.05, 0) is 24.6 Å². The highest BCUT2D eigenvalue weighted by molar-refractivity contribution is 7.99. The Morgan fingerprint density at radius 2 is 1.60 bits per heavy atom. The first kappa shape index (κ1) is 12.9. The minimum absolute atomic E-state index is 0.336. The van der Waals surface area contributed by atoms with Crippen molar-refractivity contribution in [2.24, 2.45) is 0 Å². The van der Waals surface area contributed by atoms with Gasteiger partial charge in [0.25, 0.3) is 0 Å². The highest BCUT2D eigenvalue weighted by Gasteiger charge is 2.12. The number of para-hydroxylation sites is 1. The third-order valence-corrected chi connectivity index (χ3v) is 4.22. The molecule has 0 bridgehead atoms. The van der Waals surface area contributed by atoms with Crippen molar-refractivity contribution in [1.82, 2.24) is 14.8 Å². The number of thioether (sulfide) groups is 1. The molecule has 100 valence electrons. The summed E-state index contributed by atoms with van der Waals surface area (Å²) in [6.07, 6.45) is 1.76. The first-order valence-corrected chi connectivity index (χ1v) is 7.39. The molecule has 0 radical (unpaired) electrons. The van der Waals surface area contributed by atoms with Crippen molar-refractivity contribution >= 4 is 11.8 Å². The summed E-state index contributed by atoms with van der Waals surface area (Å²) in [6.45, 7) is 2.18. The Balaban J connectivity index is 1.84. The van der Waals surface area contributed by atoms with Gasteiger partial charge in [0.15, 0.2) is 5.16 Å². The summed E-state index contributed by atoms with van der Waals surface area (Å²) >= 11 is 1.71. The molecule has 3 aromatic rings. The first-order chi connectivity index (χ1) is 9.84. The van der Waals surface area contributed by atoms with Gasteiger partial charge < -0.3 is 0 Å². The topological polar surface area (TPSA) is 30.7 Å². The summed E-state index contributed by atoms with van der Waals surface area (Å²) in [7, 11) is 0. The number of hydrogen-bond donors (Lipinski definition) is 0. The van der Waals surface area contributed by atoms with Crippen molar-refractivity contribution in [3.05, 3.63) is 72.6 Å². The van der Waals surface area contributed by atoms with Crippen LogP contribution in [0.2, 0.25) is 0 Å². The van der Waals surface area contributed by atoms with Crippen LogP contribution in [0.5, 0.6) is 0 Å². The van der Waals surface area contributed by atoms with E-state index in [9.17, 15) is 0 Å². The monoisotopic (exact) mass is 281 g/mol. The summed E-state index contributed by atoms with van der Waals surface area (Å²) in [5.41, 5.74) is 2.38. The summed E-state index contributed by atoms with van der Waals surface area (Å²) in [6, 6.07) is 20.6. The molecule has 0 aliphatic carbocycles. The zero-order chi connectivity index (χ0) is 13.8. The smallest absolute Gasteiger partial charge is 0.196 e. The van der Waals surface area contributed by atoms with Gasteiger partial charge >= 0.3 is 0 Å². The third kappa shape index (κ3) is 2.75. The predicted octanol–water partition coefficient (Wildman–Crippen LogP) is 4.12. The van der Waals surface area contributed by atoms with Crippen molar-refractivity contribution in [1.29, 1.82) is 0 Å². The fourth-order valence-corrected chi connectivity index (χ4v) is 2.99. The van der Waals surface area contributed by atoms with E-state index in [1.165, 1.54) is 5.56 Å². The van der Waals surface area contributed by atoms with Crippen LogP contribution in [0.3, 0.4) is 0 Å². The molecule has 2 aromatic carbocycles. The number of hydrogen-bond acceptors (Lipinski definition) is 3. The standard InChI is InChI=1S/C16H15N3S/c1-13(14-8-4-2-5-9-14)20-16-18-17-12-19(16)15-10-6-3-7-11-15/h2-13H,1H3. The third-order valence-electron chi connectivity index (χ3n) is 3.10. The molecule has 0 spiro atoms. The molecule has 4 heteroatoms. The molecule has 0 aliphatic heterocycles. The molecule has 0 saturated carbocycles. The van der Waals surface area contributed by atoms with E-state index < -0.39 is 0 Å². The summed E-state index contributed by atoms with van der Waals surface area (Å²) < 4.78 is 2.02. The van der Waals surface area contributed by atoms with E-state index in [0.29, 0.717) is 5.25 Å². The molecule has 0 aliphatic rings. The van der Waals surface area contributed by atoms with Gasteiger partial charge in [-0.25, -0.2) is 0 Å². The lowest BCUT2D eigenvalue weighted by Crippen LogP contribution is -1.96. The average Bonchev–Trinajstić information content (AvgIpc) is 2.97. The molecule has 3 rings (SSSR count). The zero-order valence-corrected chi connectivity index (χ0v) is 12.0. The largest absolute Gasteiger partial charge is 0.277 e. The van der Waals surface area contributed by atoms with Gasteiger partial charge in [-0.15, -0.1) is 10.2 Å². The highest BCUT2D eigenvalue weighted by Crippen LogP contribution is 2.34. The summed E-state index contributed by atoms with van der Waals surface area (Å²) in [5.74, 6) is 0. The maximum absolute atomic E-state index is 4.23. The Morgan fingerprint density at radius 1 is 0.950 bits per heavy atom. The summed E-state index contributed by atoms with van der Waals surface area (Å²) in [5, 5.41) is 9.52.